The van der Waals surface area contributed by atoms with E-state index in [0.717, 1.165) is 23.2 Å². The molecule has 3 rings (SSSR count). The van der Waals surface area contributed by atoms with Gasteiger partial charge in [0.1, 0.15) is 5.60 Å². The summed E-state index contributed by atoms with van der Waals surface area (Å²) >= 11 is 0. The molecule has 6 nitrogen and oxygen atoms in total. The third kappa shape index (κ3) is 3.76. The van der Waals surface area contributed by atoms with Gasteiger partial charge in [-0.1, -0.05) is 6.07 Å². The maximum absolute atomic E-state index is 11.7. The molecule has 3 N–H and O–H groups in total. The normalized spacial score (nSPS) is 26.0. The molecule has 6 heteroatoms. The van der Waals surface area contributed by atoms with Gasteiger partial charge in [0.15, 0.2) is 0 Å². The largest absolute Gasteiger partial charge is 0.444 e. The Morgan fingerprint density at radius 1 is 1.48 bits per heavy atom. The molecule has 1 aromatic carbocycles. The van der Waals surface area contributed by atoms with E-state index >= 15 is 0 Å². The lowest BCUT2D eigenvalue weighted by Gasteiger charge is -2.40. The van der Waals surface area contributed by atoms with Crippen LogP contribution < -0.4 is 10.6 Å². The number of carbonyl (C=O) groups is 1. The van der Waals surface area contributed by atoms with E-state index in [1.165, 1.54) is 0 Å². The van der Waals surface area contributed by atoms with Gasteiger partial charge in [-0.25, -0.2) is 4.79 Å². The van der Waals surface area contributed by atoms with E-state index in [2.05, 4.69) is 10.6 Å². The van der Waals surface area contributed by atoms with Crippen LogP contribution in [-0.4, -0.2) is 35.6 Å². The minimum absolute atomic E-state index is 0.00104. The zero-order valence-electron chi connectivity index (χ0n) is 13.8. The SMILES string of the molecule is CC(C)(C)OC(=O)NCc1ccc2c(c1)C1CC(N2)C(O)CO1. The monoisotopic (exact) mass is 320 g/mol. The van der Waals surface area contributed by atoms with Crippen molar-refractivity contribution in [1.82, 2.24) is 5.32 Å². The molecule has 1 fully saturated rings. The molecular weight excluding hydrogens is 296 g/mol. The average Bonchev–Trinajstić information content (AvgIpc) is 2.47. The van der Waals surface area contributed by atoms with Gasteiger partial charge in [0.2, 0.25) is 0 Å². The van der Waals surface area contributed by atoms with E-state index in [4.69, 9.17) is 9.47 Å². The standard InChI is InChI=1S/C17H24N2O4/c1-17(2,3)23-16(21)18-8-10-4-5-12-11(6-10)15-7-13(19-12)14(20)9-22-15/h4-6,13-15,19-20H,7-9H2,1-3H3,(H,18,21). The average molecular weight is 320 g/mol. The number of ether oxygens (including phenoxy) is 2. The molecule has 3 atom stereocenters. The van der Waals surface area contributed by atoms with Crippen LogP contribution in [0.3, 0.4) is 0 Å². The molecule has 0 radical (unpaired) electrons. The Morgan fingerprint density at radius 3 is 3.00 bits per heavy atom. The van der Waals surface area contributed by atoms with Gasteiger partial charge in [0.25, 0.3) is 0 Å². The number of nitrogens with one attached hydrogen (secondary N) is 2. The van der Waals surface area contributed by atoms with Crippen molar-refractivity contribution in [3.8, 4) is 0 Å². The molecule has 1 amide bonds. The minimum Gasteiger partial charge on any atom is -0.444 e. The molecule has 2 heterocycles. The maximum Gasteiger partial charge on any atom is 0.407 e. The molecule has 0 aromatic heterocycles. The number of alkyl carbamates (subject to hydrolysis) is 1. The van der Waals surface area contributed by atoms with Crippen molar-refractivity contribution in [2.45, 2.75) is 57.6 Å². The molecule has 126 valence electrons. The van der Waals surface area contributed by atoms with E-state index in [1.54, 1.807) is 0 Å². The second kappa shape index (κ2) is 6.02. The molecule has 0 spiro atoms. The Morgan fingerprint density at radius 2 is 2.26 bits per heavy atom. The van der Waals surface area contributed by atoms with Crippen molar-refractivity contribution < 1.29 is 19.4 Å². The van der Waals surface area contributed by atoms with Gasteiger partial charge in [0.05, 0.1) is 24.9 Å². The van der Waals surface area contributed by atoms with Gasteiger partial charge >= 0.3 is 6.09 Å². The van der Waals surface area contributed by atoms with Gasteiger partial charge in [-0.05, 0) is 38.5 Å². The number of amides is 1. The third-order valence-corrected chi connectivity index (χ3v) is 4.04. The van der Waals surface area contributed by atoms with Crippen molar-refractivity contribution in [1.29, 1.82) is 0 Å². The summed E-state index contributed by atoms with van der Waals surface area (Å²) in [5.74, 6) is 0. The molecule has 1 saturated heterocycles. The van der Waals surface area contributed by atoms with E-state index in [-0.39, 0.29) is 12.1 Å². The van der Waals surface area contributed by atoms with Gasteiger partial charge in [-0.15, -0.1) is 0 Å². The van der Waals surface area contributed by atoms with Crippen molar-refractivity contribution in [2.75, 3.05) is 11.9 Å². The van der Waals surface area contributed by atoms with Crippen LogP contribution in [0.5, 0.6) is 0 Å². The molecule has 23 heavy (non-hydrogen) atoms. The van der Waals surface area contributed by atoms with Gasteiger partial charge in [0, 0.05) is 24.2 Å². The number of anilines is 1. The quantitative estimate of drug-likeness (QED) is 0.779. The lowest BCUT2D eigenvalue weighted by atomic mass is 9.89. The topological polar surface area (TPSA) is 79.8 Å². The summed E-state index contributed by atoms with van der Waals surface area (Å²) < 4.78 is 11.0. The van der Waals surface area contributed by atoms with E-state index in [9.17, 15) is 9.90 Å². The summed E-state index contributed by atoms with van der Waals surface area (Å²) in [5, 5.41) is 16.0. The van der Waals surface area contributed by atoms with Crippen LogP contribution in [-0.2, 0) is 16.0 Å². The molecule has 2 aliphatic heterocycles. The van der Waals surface area contributed by atoms with Crippen molar-refractivity contribution in [3.63, 3.8) is 0 Å². The molecule has 2 aliphatic rings. The maximum atomic E-state index is 11.7. The fourth-order valence-corrected chi connectivity index (χ4v) is 2.97. The van der Waals surface area contributed by atoms with Crippen molar-refractivity contribution in [3.05, 3.63) is 29.3 Å². The lowest BCUT2D eigenvalue weighted by molar-refractivity contribution is -0.0672. The molecule has 0 saturated carbocycles. The molecule has 0 aliphatic carbocycles. The minimum atomic E-state index is -0.504. The summed E-state index contributed by atoms with van der Waals surface area (Å²) in [6.45, 7) is 6.26. The first-order valence-electron chi connectivity index (χ1n) is 7.98. The third-order valence-electron chi connectivity index (χ3n) is 4.04. The zero-order chi connectivity index (χ0) is 16.6. The summed E-state index contributed by atoms with van der Waals surface area (Å²) in [6, 6.07) is 6.02. The van der Waals surface area contributed by atoms with Crippen LogP contribution in [0.2, 0.25) is 0 Å². The van der Waals surface area contributed by atoms with Crippen LogP contribution in [0, 0.1) is 0 Å². The van der Waals surface area contributed by atoms with Crippen molar-refractivity contribution >= 4 is 11.8 Å². The number of aliphatic hydroxyl groups excluding tert-OH is 1. The first-order chi connectivity index (χ1) is 10.8. The van der Waals surface area contributed by atoms with E-state index in [0.29, 0.717) is 13.2 Å². The number of carbonyl (C=O) groups excluding carboxylic acids is 1. The Bertz CT molecular complexity index is 597. The Kier molecular flexibility index (Phi) is 4.21. The first-order valence-corrected chi connectivity index (χ1v) is 7.98. The van der Waals surface area contributed by atoms with Crippen LogP contribution in [0.4, 0.5) is 10.5 Å². The highest BCUT2D eigenvalue weighted by Gasteiger charge is 2.36. The first kappa shape index (κ1) is 16.1. The van der Waals surface area contributed by atoms with E-state index < -0.39 is 17.8 Å². The number of rotatable bonds is 2. The van der Waals surface area contributed by atoms with Crippen molar-refractivity contribution in [2.24, 2.45) is 0 Å². The van der Waals surface area contributed by atoms with Gasteiger partial charge < -0.3 is 25.2 Å². The molecule has 2 bridgehead atoms. The van der Waals surface area contributed by atoms with Gasteiger partial charge in [-0.2, -0.15) is 0 Å². The molecule has 3 unspecified atom stereocenters. The van der Waals surface area contributed by atoms with E-state index in [1.807, 2.05) is 39.0 Å². The van der Waals surface area contributed by atoms with Crippen LogP contribution in [0.1, 0.15) is 44.4 Å². The lowest BCUT2D eigenvalue weighted by Crippen LogP contribution is -2.46. The predicted molar refractivity (Wildman–Crippen MR) is 86.2 cm³/mol. The zero-order valence-corrected chi connectivity index (χ0v) is 13.8. The second-order valence-corrected chi connectivity index (χ2v) is 7.15. The fraction of sp³-hybridized carbons (Fsp3) is 0.588. The van der Waals surface area contributed by atoms with Gasteiger partial charge in [-0.3, -0.25) is 0 Å². The van der Waals surface area contributed by atoms with Crippen LogP contribution >= 0.6 is 0 Å². The second-order valence-electron chi connectivity index (χ2n) is 7.15. The fourth-order valence-electron chi connectivity index (χ4n) is 2.97. The highest BCUT2D eigenvalue weighted by molar-refractivity contribution is 5.67. The Hall–Kier alpha value is -1.79. The number of fused-ring (bicyclic) bond motifs is 4. The van der Waals surface area contributed by atoms with Crippen LogP contribution in [0.15, 0.2) is 18.2 Å². The number of hydrogen-bond acceptors (Lipinski definition) is 5. The smallest absolute Gasteiger partial charge is 0.407 e. The summed E-state index contributed by atoms with van der Waals surface area (Å²) in [7, 11) is 0. The number of hydrogen-bond donors (Lipinski definition) is 3. The summed E-state index contributed by atoms with van der Waals surface area (Å²) in [5.41, 5.74) is 2.56. The highest BCUT2D eigenvalue weighted by Crippen LogP contribution is 2.39. The Balaban J connectivity index is 1.66. The Labute approximate surface area is 136 Å². The highest BCUT2D eigenvalue weighted by atomic mass is 16.6. The number of benzene rings is 1. The molecule has 1 aromatic rings. The molecular formula is C17H24N2O4. The van der Waals surface area contributed by atoms with Crippen LogP contribution in [0.25, 0.3) is 0 Å². The number of aliphatic hydroxyl groups is 1. The summed E-state index contributed by atoms with van der Waals surface area (Å²) in [6.07, 6.45) is -0.128. The summed E-state index contributed by atoms with van der Waals surface area (Å²) in [4.78, 5) is 11.7. The predicted octanol–water partition coefficient (Wildman–Crippen LogP) is 2.33.